The zero-order chi connectivity index (χ0) is 18.9. The Balaban J connectivity index is 1.57. The SMILES string of the molecule is CN(Cc1ccc([N+](=O)[O-])cc1)C1CN(c2cc(C(F)(F)F)ncn2)C1. The number of halogens is 3. The van der Waals surface area contributed by atoms with Crippen LogP contribution >= 0.6 is 0 Å². The van der Waals surface area contributed by atoms with Crippen LogP contribution in [-0.4, -0.2) is 46.0 Å². The first-order valence-corrected chi connectivity index (χ1v) is 7.82. The quantitative estimate of drug-likeness (QED) is 0.598. The lowest BCUT2D eigenvalue weighted by Crippen LogP contribution is -2.58. The van der Waals surface area contributed by atoms with Crippen molar-refractivity contribution >= 4 is 11.5 Å². The minimum Gasteiger partial charge on any atom is -0.353 e. The van der Waals surface area contributed by atoms with Gasteiger partial charge in [-0.2, -0.15) is 13.2 Å². The summed E-state index contributed by atoms with van der Waals surface area (Å²) in [6.07, 6.45) is -3.57. The van der Waals surface area contributed by atoms with Crippen LogP contribution in [0.3, 0.4) is 0 Å². The van der Waals surface area contributed by atoms with Crippen molar-refractivity contribution in [1.82, 2.24) is 14.9 Å². The Morgan fingerprint density at radius 2 is 1.92 bits per heavy atom. The molecule has 1 aliphatic rings. The van der Waals surface area contributed by atoms with Gasteiger partial charge in [0.05, 0.1) is 4.92 Å². The van der Waals surface area contributed by atoms with Crippen LogP contribution in [0.1, 0.15) is 11.3 Å². The molecule has 10 heteroatoms. The predicted molar refractivity (Wildman–Crippen MR) is 87.6 cm³/mol. The smallest absolute Gasteiger partial charge is 0.353 e. The molecule has 1 saturated heterocycles. The number of likely N-dealkylation sites (N-methyl/N-ethyl adjacent to an activating group) is 1. The molecule has 0 aliphatic carbocycles. The Kier molecular flexibility index (Phi) is 4.77. The number of nitrogens with zero attached hydrogens (tertiary/aromatic N) is 5. The molecule has 7 nitrogen and oxygen atoms in total. The van der Waals surface area contributed by atoms with E-state index in [0.717, 1.165) is 18.0 Å². The summed E-state index contributed by atoms with van der Waals surface area (Å²) in [5, 5.41) is 10.7. The number of hydrogen-bond acceptors (Lipinski definition) is 6. The van der Waals surface area contributed by atoms with Crippen LogP contribution in [0, 0.1) is 10.1 Å². The average molecular weight is 367 g/mol. The fourth-order valence-corrected chi connectivity index (χ4v) is 2.74. The summed E-state index contributed by atoms with van der Waals surface area (Å²) >= 11 is 0. The largest absolute Gasteiger partial charge is 0.433 e. The maximum atomic E-state index is 12.7. The first-order chi connectivity index (χ1) is 12.2. The summed E-state index contributed by atoms with van der Waals surface area (Å²) in [7, 11) is 1.91. The second-order valence-corrected chi connectivity index (χ2v) is 6.16. The van der Waals surface area contributed by atoms with E-state index in [2.05, 4.69) is 14.9 Å². The minimum atomic E-state index is -4.49. The fraction of sp³-hybridized carbons (Fsp3) is 0.375. The Labute approximate surface area is 147 Å². The van der Waals surface area contributed by atoms with Gasteiger partial charge in [-0.05, 0) is 12.6 Å². The van der Waals surface area contributed by atoms with Crippen molar-refractivity contribution in [3.63, 3.8) is 0 Å². The third-order valence-electron chi connectivity index (χ3n) is 4.33. The number of non-ortho nitro benzene ring substituents is 1. The molecule has 3 rings (SSSR count). The number of benzene rings is 1. The summed E-state index contributed by atoms with van der Waals surface area (Å²) in [4.78, 5) is 21.2. The van der Waals surface area contributed by atoms with Crippen molar-refractivity contribution in [3.05, 3.63) is 58.0 Å². The lowest BCUT2D eigenvalue weighted by atomic mass is 10.1. The monoisotopic (exact) mass is 367 g/mol. The molecule has 2 aromatic rings. The Morgan fingerprint density at radius 1 is 1.27 bits per heavy atom. The van der Waals surface area contributed by atoms with Gasteiger partial charge >= 0.3 is 6.18 Å². The minimum absolute atomic E-state index is 0.0375. The molecule has 0 radical (unpaired) electrons. The highest BCUT2D eigenvalue weighted by atomic mass is 19.4. The van der Waals surface area contributed by atoms with Gasteiger partial charge in [-0.25, -0.2) is 9.97 Å². The molecule has 2 heterocycles. The van der Waals surface area contributed by atoms with Crippen LogP contribution in [0.15, 0.2) is 36.7 Å². The first-order valence-electron chi connectivity index (χ1n) is 7.82. The van der Waals surface area contributed by atoms with E-state index in [9.17, 15) is 23.3 Å². The molecule has 0 bridgehead atoms. The lowest BCUT2D eigenvalue weighted by molar-refractivity contribution is -0.384. The lowest BCUT2D eigenvalue weighted by Gasteiger charge is -2.44. The third kappa shape index (κ3) is 3.90. The van der Waals surface area contributed by atoms with E-state index in [-0.39, 0.29) is 17.5 Å². The summed E-state index contributed by atoms with van der Waals surface area (Å²) in [5.74, 6) is 0.257. The maximum Gasteiger partial charge on any atom is 0.433 e. The van der Waals surface area contributed by atoms with Crippen LogP contribution in [0.4, 0.5) is 24.7 Å². The molecule has 0 saturated carbocycles. The first kappa shape index (κ1) is 18.1. The number of aromatic nitrogens is 2. The van der Waals surface area contributed by atoms with Crippen LogP contribution in [0.2, 0.25) is 0 Å². The number of nitro benzene ring substituents is 1. The molecule has 0 atom stereocenters. The van der Waals surface area contributed by atoms with Gasteiger partial charge in [-0.3, -0.25) is 15.0 Å². The van der Waals surface area contributed by atoms with Crippen molar-refractivity contribution in [1.29, 1.82) is 0 Å². The van der Waals surface area contributed by atoms with E-state index >= 15 is 0 Å². The molecule has 0 amide bonds. The highest BCUT2D eigenvalue weighted by Gasteiger charge is 2.35. The molecular weight excluding hydrogens is 351 g/mol. The maximum absolute atomic E-state index is 12.7. The number of hydrogen-bond donors (Lipinski definition) is 0. The summed E-state index contributed by atoms with van der Waals surface area (Å²) < 4.78 is 38.2. The third-order valence-corrected chi connectivity index (χ3v) is 4.33. The van der Waals surface area contributed by atoms with E-state index in [4.69, 9.17) is 0 Å². The highest BCUT2D eigenvalue weighted by Crippen LogP contribution is 2.30. The molecule has 26 heavy (non-hydrogen) atoms. The van der Waals surface area contributed by atoms with Gasteiger partial charge in [-0.1, -0.05) is 12.1 Å². The molecule has 1 aromatic heterocycles. The number of nitro groups is 1. The van der Waals surface area contributed by atoms with Crippen molar-refractivity contribution < 1.29 is 18.1 Å². The van der Waals surface area contributed by atoms with Gasteiger partial charge in [0, 0.05) is 43.9 Å². The summed E-state index contributed by atoms with van der Waals surface area (Å²) in [6.45, 7) is 1.70. The Bertz CT molecular complexity index is 791. The summed E-state index contributed by atoms with van der Waals surface area (Å²) in [6, 6.07) is 7.42. The van der Waals surface area contributed by atoms with E-state index in [1.54, 1.807) is 17.0 Å². The van der Waals surface area contributed by atoms with E-state index in [1.165, 1.54) is 12.1 Å². The normalized spacial score (nSPS) is 15.2. The van der Waals surface area contributed by atoms with Gasteiger partial charge in [0.25, 0.3) is 5.69 Å². The molecule has 138 valence electrons. The van der Waals surface area contributed by atoms with Crippen molar-refractivity contribution in [2.24, 2.45) is 0 Å². The molecular formula is C16H16F3N5O2. The van der Waals surface area contributed by atoms with Crippen LogP contribution in [0.25, 0.3) is 0 Å². The van der Waals surface area contributed by atoms with Gasteiger partial charge in [0.15, 0.2) is 0 Å². The average Bonchev–Trinajstić information content (AvgIpc) is 2.53. The van der Waals surface area contributed by atoms with E-state index < -0.39 is 16.8 Å². The molecule has 1 fully saturated rings. The van der Waals surface area contributed by atoms with Crippen LogP contribution in [0.5, 0.6) is 0 Å². The Morgan fingerprint density at radius 3 is 2.50 bits per heavy atom. The Hall–Kier alpha value is -2.75. The zero-order valence-electron chi connectivity index (χ0n) is 13.8. The number of anilines is 1. The summed E-state index contributed by atoms with van der Waals surface area (Å²) in [5.41, 5.74) is 0.0126. The predicted octanol–water partition coefficient (Wildman–Crippen LogP) is 2.72. The van der Waals surface area contributed by atoms with Crippen LogP contribution in [-0.2, 0) is 12.7 Å². The molecule has 0 unspecified atom stereocenters. The topological polar surface area (TPSA) is 75.4 Å². The van der Waals surface area contributed by atoms with Gasteiger partial charge in [0.2, 0.25) is 0 Å². The zero-order valence-corrected chi connectivity index (χ0v) is 13.8. The standard InChI is InChI=1S/C16H16F3N5O2/c1-22(7-11-2-4-12(5-3-11)24(25)26)13-8-23(9-13)15-6-14(16(17,18)19)20-10-21-15/h2-6,10,13H,7-9H2,1H3. The molecule has 1 aromatic carbocycles. The van der Waals surface area contributed by atoms with Crippen molar-refractivity contribution in [2.45, 2.75) is 18.8 Å². The van der Waals surface area contributed by atoms with Gasteiger partial charge < -0.3 is 4.90 Å². The van der Waals surface area contributed by atoms with E-state index in [0.29, 0.717) is 19.6 Å². The second-order valence-electron chi connectivity index (χ2n) is 6.16. The fourth-order valence-electron chi connectivity index (χ4n) is 2.74. The van der Waals surface area contributed by atoms with E-state index in [1.807, 2.05) is 7.05 Å². The molecule has 0 spiro atoms. The van der Waals surface area contributed by atoms with Gasteiger partial charge in [-0.15, -0.1) is 0 Å². The number of alkyl halides is 3. The second kappa shape index (κ2) is 6.87. The highest BCUT2D eigenvalue weighted by molar-refractivity contribution is 5.43. The van der Waals surface area contributed by atoms with Gasteiger partial charge in [0.1, 0.15) is 17.8 Å². The number of rotatable bonds is 5. The molecule has 1 aliphatic heterocycles. The van der Waals surface area contributed by atoms with Crippen molar-refractivity contribution in [3.8, 4) is 0 Å². The van der Waals surface area contributed by atoms with Crippen LogP contribution < -0.4 is 4.90 Å². The van der Waals surface area contributed by atoms with Crippen molar-refractivity contribution in [2.75, 3.05) is 25.0 Å². The molecule has 0 N–H and O–H groups in total.